The van der Waals surface area contributed by atoms with Gasteiger partial charge in [-0.3, -0.25) is 0 Å². The van der Waals surface area contributed by atoms with Crippen LogP contribution in [-0.4, -0.2) is 43.0 Å². The smallest absolute Gasteiger partial charge is 0.169 e. The van der Waals surface area contributed by atoms with Crippen LogP contribution in [0.5, 0.6) is 0 Å². The van der Waals surface area contributed by atoms with Gasteiger partial charge in [0.25, 0.3) is 0 Å². The van der Waals surface area contributed by atoms with E-state index < -0.39 is 0 Å². The van der Waals surface area contributed by atoms with Crippen molar-refractivity contribution in [1.82, 2.24) is 4.90 Å². The van der Waals surface area contributed by atoms with Gasteiger partial charge in [0.15, 0.2) is 5.79 Å². The van der Waals surface area contributed by atoms with Gasteiger partial charge in [-0.25, -0.2) is 0 Å². The van der Waals surface area contributed by atoms with E-state index in [0.29, 0.717) is 18.2 Å². The number of ether oxygens (including phenoxy) is 2. The predicted molar refractivity (Wildman–Crippen MR) is 203 cm³/mol. The van der Waals surface area contributed by atoms with E-state index in [2.05, 4.69) is 81.5 Å². The molecule has 2 rings (SSSR count). The molecule has 3 nitrogen and oxygen atoms in total. The average molecular weight is 640 g/mol. The fourth-order valence-corrected chi connectivity index (χ4v) is 7.12. The van der Waals surface area contributed by atoms with Crippen molar-refractivity contribution in [2.75, 3.05) is 14.1 Å². The summed E-state index contributed by atoms with van der Waals surface area (Å²) in [5.74, 6) is -0.308. The largest absolute Gasteiger partial charge is 0.344 e. The Labute approximate surface area is 287 Å². The highest BCUT2D eigenvalue weighted by molar-refractivity contribution is 4.97. The van der Waals surface area contributed by atoms with E-state index in [0.717, 1.165) is 38.5 Å². The summed E-state index contributed by atoms with van der Waals surface area (Å²) >= 11 is 0. The summed E-state index contributed by atoms with van der Waals surface area (Å²) in [7, 11) is 4.40. The van der Waals surface area contributed by atoms with E-state index in [-0.39, 0.29) is 5.79 Å². The highest BCUT2D eigenvalue weighted by Crippen LogP contribution is 2.44. The highest BCUT2D eigenvalue weighted by atomic mass is 16.8. The van der Waals surface area contributed by atoms with Crippen molar-refractivity contribution in [2.45, 2.75) is 211 Å². The molecule has 2 aliphatic rings. The minimum atomic E-state index is -0.308. The minimum absolute atomic E-state index is 0.303. The third kappa shape index (κ3) is 19.6. The molecular formula is C43H77NO2. The molecule has 0 spiro atoms. The van der Waals surface area contributed by atoms with Crippen molar-refractivity contribution in [3.8, 4) is 0 Å². The van der Waals surface area contributed by atoms with Gasteiger partial charge in [0.05, 0.1) is 12.2 Å². The van der Waals surface area contributed by atoms with Crippen LogP contribution >= 0.6 is 0 Å². The Morgan fingerprint density at radius 1 is 0.478 bits per heavy atom. The number of hydrogen-bond acceptors (Lipinski definition) is 3. The first-order valence-corrected chi connectivity index (χ1v) is 20.2. The Bertz CT molecular complexity index is 798. The monoisotopic (exact) mass is 640 g/mol. The van der Waals surface area contributed by atoms with Crippen molar-refractivity contribution in [3.63, 3.8) is 0 Å². The molecule has 1 aliphatic heterocycles. The number of unbranched alkanes of at least 4 members (excludes halogenated alkanes) is 17. The van der Waals surface area contributed by atoms with Crippen LogP contribution in [0.25, 0.3) is 0 Å². The van der Waals surface area contributed by atoms with E-state index in [1.54, 1.807) is 0 Å². The molecule has 0 aromatic heterocycles. The molecular weight excluding hydrogens is 562 g/mol. The van der Waals surface area contributed by atoms with Crippen LogP contribution in [0.4, 0.5) is 0 Å². The summed E-state index contributed by atoms with van der Waals surface area (Å²) in [5, 5.41) is 0. The molecule has 0 amide bonds. The second kappa shape index (κ2) is 27.8. The minimum Gasteiger partial charge on any atom is -0.344 e. The van der Waals surface area contributed by atoms with Gasteiger partial charge in [-0.05, 0) is 97.6 Å². The molecule has 4 atom stereocenters. The molecule has 1 aliphatic carbocycles. The van der Waals surface area contributed by atoms with Crippen LogP contribution < -0.4 is 0 Å². The summed E-state index contributed by atoms with van der Waals surface area (Å²) in [5.41, 5.74) is 0. The molecule has 266 valence electrons. The fourth-order valence-electron chi connectivity index (χ4n) is 7.12. The number of rotatable bonds is 30. The third-order valence-corrected chi connectivity index (χ3v) is 10.2. The number of nitrogens with zero attached hydrogens (tertiary/aromatic N) is 1. The average Bonchev–Trinajstić information content (AvgIpc) is 3.59. The molecule has 0 aromatic rings. The summed E-state index contributed by atoms with van der Waals surface area (Å²) in [6.07, 6.45) is 53.5. The summed E-state index contributed by atoms with van der Waals surface area (Å²) in [4.78, 5) is 2.36. The molecule has 0 bridgehead atoms. The molecule has 1 heterocycles. The molecule has 1 saturated heterocycles. The van der Waals surface area contributed by atoms with Crippen LogP contribution in [0.3, 0.4) is 0 Å². The SMILES string of the molecule is CCCC/C=C\C/C=C\CCCCCCCCC1(CCCCCCCC/C=C\C/C=C\CCCCC)O[C@H]2C[C@H](N(C)C)C[C@H]2O1. The zero-order valence-electron chi connectivity index (χ0n) is 31.2. The maximum Gasteiger partial charge on any atom is 0.169 e. The standard InChI is InChI=1S/C43H77NO2/c1-5-7-9-11-13-15-17-19-21-23-25-27-29-31-33-35-37-43(45-41-38-40(44(3)4)39-42(41)46-43)36-34-32-30-28-26-24-22-20-18-16-14-12-10-8-6-2/h12-15,18-21,40-42H,5-11,16-17,22-39H2,1-4H3/b14-12-,15-13-,20-18-,21-19-/t40-,41-,42+,43?. The van der Waals surface area contributed by atoms with Crippen LogP contribution in [0.15, 0.2) is 48.6 Å². The molecule has 0 aromatic carbocycles. The zero-order chi connectivity index (χ0) is 33.0. The first-order chi connectivity index (χ1) is 22.6. The van der Waals surface area contributed by atoms with Crippen molar-refractivity contribution < 1.29 is 9.47 Å². The van der Waals surface area contributed by atoms with Gasteiger partial charge in [0, 0.05) is 18.9 Å². The Morgan fingerprint density at radius 2 is 0.848 bits per heavy atom. The lowest BCUT2D eigenvalue weighted by molar-refractivity contribution is -0.193. The first-order valence-electron chi connectivity index (χ1n) is 20.2. The van der Waals surface area contributed by atoms with Gasteiger partial charge in [-0.2, -0.15) is 0 Å². The van der Waals surface area contributed by atoms with E-state index in [1.807, 2.05) is 0 Å². The van der Waals surface area contributed by atoms with Crippen LogP contribution in [0.1, 0.15) is 187 Å². The van der Waals surface area contributed by atoms with Crippen LogP contribution in [-0.2, 0) is 9.47 Å². The molecule has 1 saturated carbocycles. The third-order valence-electron chi connectivity index (χ3n) is 10.2. The summed E-state index contributed by atoms with van der Waals surface area (Å²) in [6, 6.07) is 0.604. The van der Waals surface area contributed by atoms with Crippen molar-refractivity contribution in [1.29, 1.82) is 0 Å². The lowest BCUT2D eigenvalue weighted by atomic mass is 9.98. The maximum absolute atomic E-state index is 6.82. The van der Waals surface area contributed by atoms with Crippen LogP contribution in [0.2, 0.25) is 0 Å². The molecule has 3 heteroatoms. The lowest BCUT2D eigenvalue weighted by Crippen LogP contribution is -2.34. The fraction of sp³-hybridized carbons (Fsp3) is 0.814. The lowest BCUT2D eigenvalue weighted by Gasteiger charge is -2.31. The van der Waals surface area contributed by atoms with Gasteiger partial charge in [0.2, 0.25) is 0 Å². The van der Waals surface area contributed by atoms with E-state index in [1.165, 1.54) is 135 Å². The van der Waals surface area contributed by atoms with Gasteiger partial charge in [-0.1, -0.05) is 140 Å². The Morgan fingerprint density at radius 3 is 1.26 bits per heavy atom. The Kier molecular flexibility index (Phi) is 24.7. The number of hydrogen-bond donors (Lipinski definition) is 0. The molecule has 46 heavy (non-hydrogen) atoms. The van der Waals surface area contributed by atoms with Gasteiger partial charge in [0.1, 0.15) is 0 Å². The van der Waals surface area contributed by atoms with Gasteiger partial charge < -0.3 is 14.4 Å². The maximum atomic E-state index is 6.82. The van der Waals surface area contributed by atoms with Gasteiger partial charge in [-0.15, -0.1) is 0 Å². The molecule has 2 fully saturated rings. The Hall–Kier alpha value is -1.16. The molecule has 0 N–H and O–H groups in total. The topological polar surface area (TPSA) is 21.7 Å². The van der Waals surface area contributed by atoms with E-state index in [9.17, 15) is 0 Å². The normalized spacial score (nSPS) is 23.5. The Balaban J connectivity index is 1.56. The quantitative estimate of drug-likeness (QED) is 0.0576. The van der Waals surface area contributed by atoms with Crippen molar-refractivity contribution in [2.24, 2.45) is 0 Å². The summed E-state index contributed by atoms with van der Waals surface area (Å²) < 4.78 is 13.6. The van der Waals surface area contributed by atoms with Gasteiger partial charge >= 0.3 is 0 Å². The van der Waals surface area contributed by atoms with E-state index >= 15 is 0 Å². The highest BCUT2D eigenvalue weighted by Gasteiger charge is 2.51. The van der Waals surface area contributed by atoms with E-state index in [4.69, 9.17) is 9.47 Å². The zero-order valence-corrected chi connectivity index (χ0v) is 31.2. The predicted octanol–water partition coefficient (Wildman–Crippen LogP) is 13.2. The van der Waals surface area contributed by atoms with Crippen LogP contribution in [0, 0.1) is 0 Å². The molecule has 1 unspecified atom stereocenters. The molecule has 0 radical (unpaired) electrons. The van der Waals surface area contributed by atoms with Crippen molar-refractivity contribution in [3.05, 3.63) is 48.6 Å². The second-order valence-electron chi connectivity index (χ2n) is 14.6. The second-order valence-corrected chi connectivity index (χ2v) is 14.6. The summed E-state index contributed by atoms with van der Waals surface area (Å²) in [6.45, 7) is 4.53. The first kappa shape index (κ1) is 41.0. The van der Waals surface area contributed by atoms with Crippen molar-refractivity contribution >= 4 is 0 Å². The number of fused-ring (bicyclic) bond motifs is 1. The number of allylic oxidation sites excluding steroid dienone is 8.